The van der Waals surface area contributed by atoms with E-state index < -0.39 is 34.7 Å². The Morgan fingerprint density at radius 1 is 1.16 bits per heavy atom. The third kappa shape index (κ3) is 3.30. The Hall–Kier alpha value is -3.79. The predicted octanol–water partition coefficient (Wildman–Crippen LogP) is 2.55. The Labute approximate surface area is 180 Å². The minimum absolute atomic E-state index is 0.0587. The van der Waals surface area contributed by atoms with E-state index in [4.69, 9.17) is 16.3 Å². The van der Waals surface area contributed by atoms with Crippen molar-refractivity contribution in [3.63, 3.8) is 0 Å². The molecular weight excluding hydrogens is 428 g/mol. The SMILES string of the molecule is CCOC(=O)C1=NN(c2ccc([N+](=O)[O-])cc2)[C@@H]2C(=O)N(c3ccccc3Cl)C(=O)[C@H]12. The van der Waals surface area contributed by atoms with Gasteiger partial charge < -0.3 is 4.74 Å². The number of non-ortho nitro benzene ring substituents is 1. The molecule has 0 unspecified atom stereocenters. The van der Waals surface area contributed by atoms with Gasteiger partial charge in [-0.15, -0.1) is 0 Å². The molecule has 11 heteroatoms. The molecule has 0 saturated carbocycles. The Morgan fingerprint density at radius 2 is 1.84 bits per heavy atom. The Kier molecular flexibility index (Phi) is 5.15. The van der Waals surface area contributed by atoms with Crippen molar-refractivity contribution in [2.24, 2.45) is 11.0 Å². The summed E-state index contributed by atoms with van der Waals surface area (Å²) in [7, 11) is 0. The number of esters is 1. The van der Waals surface area contributed by atoms with E-state index in [1.54, 1.807) is 25.1 Å². The number of benzene rings is 2. The summed E-state index contributed by atoms with van der Waals surface area (Å²) in [5.74, 6) is -3.29. The van der Waals surface area contributed by atoms with Crippen LogP contribution in [0.1, 0.15) is 6.92 Å². The Morgan fingerprint density at radius 3 is 2.45 bits per heavy atom. The van der Waals surface area contributed by atoms with Crippen LogP contribution in [0.2, 0.25) is 5.02 Å². The van der Waals surface area contributed by atoms with Crippen LogP contribution in [-0.4, -0.2) is 41.1 Å². The smallest absolute Gasteiger partial charge is 0.355 e. The number of anilines is 2. The number of imide groups is 1. The summed E-state index contributed by atoms with van der Waals surface area (Å²) < 4.78 is 5.02. The minimum Gasteiger partial charge on any atom is -0.461 e. The first-order valence-corrected chi connectivity index (χ1v) is 9.64. The molecule has 10 nitrogen and oxygen atoms in total. The highest BCUT2D eigenvalue weighted by Crippen LogP contribution is 2.40. The predicted molar refractivity (Wildman–Crippen MR) is 111 cm³/mol. The van der Waals surface area contributed by atoms with Crippen LogP contribution in [0.4, 0.5) is 17.1 Å². The third-order valence-electron chi connectivity index (χ3n) is 4.95. The molecule has 2 aliphatic heterocycles. The van der Waals surface area contributed by atoms with Crippen molar-refractivity contribution in [1.29, 1.82) is 0 Å². The molecule has 0 aliphatic carbocycles. The van der Waals surface area contributed by atoms with Gasteiger partial charge in [0.1, 0.15) is 12.0 Å². The van der Waals surface area contributed by atoms with Gasteiger partial charge in [-0.05, 0) is 31.2 Å². The van der Waals surface area contributed by atoms with Crippen molar-refractivity contribution in [3.8, 4) is 0 Å². The maximum Gasteiger partial charge on any atom is 0.355 e. The molecule has 158 valence electrons. The van der Waals surface area contributed by atoms with Gasteiger partial charge in [0, 0.05) is 12.1 Å². The number of carbonyl (C=O) groups excluding carboxylic acids is 3. The van der Waals surface area contributed by atoms with E-state index in [9.17, 15) is 24.5 Å². The van der Waals surface area contributed by atoms with Crippen LogP contribution in [-0.2, 0) is 19.1 Å². The summed E-state index contributed by atoms with van der Waals surface area (Å²) >= 11 is 6.20. The number of hydrogen-bond acceptors (Lipinski definition) is 8. The molecule has 2 aromatic rings. The number of nitro benzene ring substituents is 1. The molecule has 2 aliphatic rings. The molecule has 0 bridgehead atoms. The van der Waals surface area contributed by atoms with Gasteiger partial charge in [0.2, 0.25) is 5.91 Å². The maximum absolute atomic E-state index is 13.3. The molecular formula is C20H15ClN4O6. The molecule has 0 N–H and O–H groups in total. The summed E-state index contributed by atoms with van der Waals surface area (Å²) in [6.07, 6.45) is 0. The summed E-state index contributed by atoms with van der Waals surface area (Å²) in [5.41, 5.74) is 0.140. The molecule has 2 amide bonds. The molecule has 0 radical (unpaired) electrons. The van der Waals surface area contributed by atoms with Crippen molar-refractivity contribution < 1.29 is 24.0 Å². The molecule has 2 heterocycles. The van der Waals surface area contributed by atoms with Crippen LogP contribution in [0.25, 0.3) is 0 Å². The normalized spacial score (nSPS) is 20.0. The molecule has 2 aromatic carbocycles. The van der Waals surface area contributed by atoms with E-state index in [1.165, 1.54) is 35.3 Å². The number of nitro groups is 1. The van der Waals surface area contributed by atoms with Gasteiger partial charge >= 0.3 is 5.97 Å². The van der Waals surface area contributed by atoms with Gasteiger partial charge in [0.05, 0.1) is 27.9 Å². The maximum atomic E-state index is 13.3. The summed E-state index contributed by atoms with van der Waals surface area (Å²) in [5, 5.41) is 16.5. The van der Waals surface area contributed by atoms with Crippen molar-refractivity contribution >= 4 is 52.2 Å². The van der Waals surface area contributed by atoms with Crippen LogP contribution >= 0.6 is 11.6 Å². The zero-order valence-electron chi connectivity index (χ0n) is 16.1. The summed E-state index contributed by atoms with van der Waals surface area (Å²) in [4.78, 5) is 50.3. The number of nitrogens with zero attached hydrogens (tertiary/aromatic N) is 4. The summed E-state index contributed by atoms with van der Waals surface area (Å²) in [6, 6.07) is 10.5. The van der Waals surface area contributed by atoms with E-state index in [-0.39, 0.29) is 28.7 Å². The quantitative estimate of drug-likeness (QED) is 0.302. The number of hydrazone groups is 1. The van der Waals surface area contributed by atoms with Crippen molar-refractivity contribution in [3.05, 3.63) is 63.7 Å². The standard InChI is InChI=1S/C20H15ClN4O6/c1-2-31-20(28)16-15-17(24(22-16)11-7-9-12(10-8-11)25(29)30)19(27)23(18(15)26)14-6-4-3-5-13(14)21/h3-10,15,17H,2H2,1H3/t15-,17+/m1/s1. The fraction of sp³-hybridized carbons (Fsp3) is 0.200. The monoisotopic (exact) mass is 442 g/mol. The topological polar surface area (TPSA) is 122 Å². The van der Waals surface area contributed by atoms with Crippen molar-refractivity contribution in [2.45, 2.75) is 13.0 Å². The number of halogens is 1. The van der Waals surface area contributed by atoms with E-state index in [1.807, 2.05) is 0 Å². The van der Waals surface area contributed by atoms with Gasteiger partial charge in [-0.3, -0.25) is 24.7 Å². The Balaban J connectivity index is 1.79. The fourth-order valence-corrected chi connectivity index (χ4v) is 3.82. The lowest BCUT2D eigenvalue weighted by Crippen LogP contribution is -2.39. The average Bonchev–Trinajstić information content (AvgIpc) is 3.26. The largest absolute Gasteiger partial charge is 0.461 e. The van der Waals surface area contributed by atoms with Crippen LogP contribution in [0.15, 0.2) is 53.6 Å². The number of rotatable bonds is 5. The lowest BCUT2D eigenvalue weighted by molar-refractivity contribution is -0.384. The minimum atomic E-state index is -1.20. The highest BCUT2D eigenvalue weighted by atomic mass is 35.5. The second-order valence-corrected chi connectivity index (χ2v) is 7.12. The van der Waals surface area contributed by atoms with E-state index in [0.717, 1.165) is 4.90 Å². The third-order valence-corrected chi connectivity index (χ3v) is 5.27. The number of carbonyl (C=O) groups is 3. The first-order valence-electron chi connectivity index (χ1n) is 9.26. The first-order chi connectivity index (χ1) is 14.8. The van der Waals surface area contributed by atoms with Gasteiger partial charge in [0.15, 0.2) is 5.71 Å². The highest BCUT2D eigenvalue weighted by molar-refractivity contribution is 6.48. The van der Waals surface area contributed by atoms with Crippen LogP contribution in [0.3, 0.4) is 0 Å². The van der Waals surface area contributed by atoms with Gasteiger partial charge in [-0.25, -0.2) is 9.69 Å². The highest BCUT2D eigenvalue weighted by Gasteiger charge is 2.59. The Bertz CT molecular complexity index is 1130. The number of hydrogen-bond donors (Lipinski definition) is 0. The number of amides is 2. The molecule has 2 atom stereocenters. The zero-order chi connectivity index (χ0) is 22.3. The number of para-hydroxylation sites is 1. The van der Waals surface area contributed by atoms with Crippen molar-refractivity contribution in [1.82, 2.24) is 0 Å². The fourth-order valence-electron chi connectivity index (χ4n) is 3.60. The lowest BCUT2D eigenvalue weighted by Gasteiger charge is -2.22. The van der Waals surface area contributed by atoms with Crippen LogP contribution in [0, 0.1) is 16.0 Å². The van der Waals surface area contributed by atoms with E-state index in [0.29, 0.717) is 5.69 Å². The molecule has 31 heavy (non-hydrogen) atoms. The molecule has 1 saturated heterocycles. The number of fused-ring (bicyclic) bond motifs is 1. The second kappa shape index (κ2) is 7.80. The molecule has 0 aromatic heterocycles. The average molecular weight is 443 g/mol. The summed E-state index contributed by atoms with van der Waals surface area (Å²) in [6.45, 7) is 1.67. The second-order valence-electron chi connectivity index (χ2n) is 6.71. The lowest BCUT2D eigenvalue weighted by atomic mass is 9.97. The molecule has 4 rings (SSSR count). The van der Waals surface area contributed by atoms with Crippen LogP contribution < -0.4 is 9.91 Å². The molecule has 0 spiro atoms. The van der Waals surface area contributed by atoms with Crippen molar-refractivity contribution in [2.75, 3.05) is 16.5 Å². The first kappa shape index (κ1) is 20.5. The van der Waals surface area contributed by atoms with Gasteiger partial charge in [-0.1, -0.05) is 23.7 Å². The van der Waals surface area contributed by atoms with Crippen LogP contribution in [0.5, 0.6) is 0 Å². The van der Waals surface area contributed by atoms with Gasteiger partial charge in [0.25, 0.3) is 11.6 Å². The van der Waals surface area contributed by atoms with E-state index >= 15 is 0 Å². The number of ether oxygens (including phenoxy) is 1. The van der Waals surface area contributed by atoms with Gasteiger partial charge in [-0.2, -0.15) is 5.10 Å². The van der Waals surface area contributed by atoms with E-state index in [2.05, 4.69) is 5.10 Å². The zero-order valence-corrected chi connectivity index (χ0v) is 16.9. The molecule has 1 fully saturated rings.